The molecule has 4 rings (SSSR count). The average Bonchev–Trinajstić information content (AvgIpc) is 3.61. The lowest BCUT2D eigenvalue weighted by molar-refractivity contribution is -0.139. The molecule has 0 unspecified atom stereocenters. The maximum absolute atomic E-state index is 13.5. The van der Waals surface area contributed by atoms with Crippen LogP contribution in [0, 0.1) is 13.8 Å². The molecule has 0 saturated carbocycles. The fourth-order valence-electron chi connectivity index (χ4n) is 4.97. The molecule has 11 heteroatoms. The molecule has 1 amide bonds. The normalized spacial score (nSPS) is 16.5. The molecule has 1 aliphatic heterocycles. The van der Waals surface area contributed by atoms with Gasteiger partial charge in [-0.05, 0) is 50.5 Å². The van der Waals surface area contributed by atoms with Crippen LogP contribution in [0.3, 0.4) is 0 Å². The Morgan fingerprint density at radius 1 is 1.13 bits per heavy atom. The molecule has 0 spiro atoms. The number of aromatic amines is 1. The number of ketones is 1. The molecule has 0 aliphatic carbocycles. The Balaban J connectivity index is 1.83. The maximum Gasteiger partial charge on any atom is 0.355 e. The van der Waals surface area contributed by atoms with E-state index in [-0.39, 0.29) is 35.7 Å². The van der Waals surface area contributed by atoms with E-state index >= 15 is 0 Å². The minimum Gasteiger partial charge on any atom is -0.507 e. The molecule has 1 saturated heterocycles. The molecular weight excluding hydrogens is 504 g/mol. The molecule has 2 aromatic heterocycles. The Kier molecular flexibility index (Phi) is 8.08. The van der Waals surface area contributed by atoms with Crippen molar-refractivity contribution in [3.05, 3.63) is 70.6 Å². The zero-order valence-corrected chi connectivity index (χ0v) is 22.6. The van der Waals surface area contributed by atoms with Crippen molar-refractivity contribution >= 4 is 23.4 Å². The zero-order chi connectivity index (χ0) is 28.3. The van der Waals surface area contributed by atoms with Crippen LogP contribution in [-0.4, -0.2) is 69.6 Å². The van der Waals surface area contributed by atoms with Gasteiger partial charge in [-0.2, -0.15) is 0 Å². The highest BCUT2D eigenvalue weighted by molar-refractivity contribution is 6.46. The Hall–Kier alpha value is -4.54. The van der Waals surface area contributed by atoms with Crippen molar-refractivity contribution in [1.29, 1.82) is 0 Å². The second-order valence-electron chi connectivity index (χ2n) is 9.11. The third kappa shape index (κ3) is 5.12. The maximum atomic E-state index is 13.5. The molecule has 0 bridgehead atoms. The molecule has 1 fully saturated rings. The van der Waals surface area contributed by atoms with Crippen molar-refractivity contribution in [2.24, 2.45) is 0 Å². The number of Topliss-reactive ketones (excluding diaryl/α,β-unsaturated/α-hetero) is 1. The van der Waals surface area contributed by atoms with Crippen LogP contribution in [0.1, 0.15) is 52.3 Å². The summed E-state index contributed by atoms with van der Waals surface area (Å²) in [6, 6.07) is 4.21. The Morgan fingerprint density at radius 2 is 1.87 bits per heavy atom. The fourth-order valence-corrected chi connectivity index (χ4v) is 4.97. The van der Waals surface area contributed by atoms with E-state index in [0.29, 0.717) is 41.3 Å². The standard InChI is InChI=1S/C28H32N4O7/c1-6-39-28(36)23-16(2)21(17(3)30-23)25(33)22-24(18-8-9-19(37-4)20(14-18)38-5)32(27(35)26(22)34)12-7-11-31-13-10-29-15-31/h8-10,13-15,24,30,33H,6-7,11-12H2,1-5H3/b25-22+/t24-/m0/s1. The van der Waals surface area contributed by atoms with Gasteiger partial charge in [0.2, 0.25) is 0 Å². The molecule has 1 aromatic carbocycles. The summed E-state index contributed by atoms with van der Waals surface area (Å²) >= 11 is 0. The summed E-state index contributed by atoms with van der Waals surface area (Å²) in [7, 11) is 3.01. The van der Waals surface area contributed by atoms with Gasteiger partial charge in [0.05, 0.1) is 38.8 Å². The van der Waals surface area contributed by atoms with Gasteiger partial charge in [-0.25, -0.2) is 9.78 Å². The minimum atomic E-state index is -0.896. The second kappa shape index (κ2) is 11.5. The Labute approximate surface area is 226 Å². The van der Waals surface area contributed by atoms with Gasteiger partial charge in [0, 0.05) is 36.7 Å². The summed E-state index contributed by atoms with van der Waals surface area (Å²) in [6.45, 7) is 6.04. The number of hydrogen-bond acceptors (Lipinski definition) is 8. The van der Waals surface area contributed by atoms with E-state index in [1.54, 1.807) is 51.5 Å². The number of nitrogens with one attached hydrogen (secondary N) is 1. The number of benzene rings is 1. The number of nitrogens with zero attached hydrogens (tertiary/aromatic N) is 3. The Bertz CT molecular complexity index is 1420. The van der Waals surface area contributed by atoms with E-state index in [9.17, 15) is 19.5 Å². The number of aliphatic hydroxyl groups is 1. The lowest BCUT2D eigenvalue weighted by Crippen LogP contribution is -2.31. The fraction of sp³-hybridized carbons (Fsp3) is 0.357. The highest BCUT2D eigenvalue weighted by atomic mass is 16.5. The highest BCUT2D eigenvalue weighted by Crippen LogP contribution is 2.43. The second-order valence-corrected chi connectivity index (χ2v) is 9.11. The van der Waals surface area contributed by atoms with Crippen molar-refractivity contribution in [3.63, 3.8) is 0 Å². The van der Waals surface area contributed by atoms with Gasteiger partial charge in [0.15, 0.2) is 11.5 Å². The summed E-state index contributed by atoms with van der Waals surface area (Å²) in [5, 5.41) is 11.6. The van der Waals surface area contributed by atoms with Gasteiger partial charge in [0.25, 0.3) is 11.7 Å². The highest BCUT2D eigenvalue weighted by Gasteiger charge is 2.46. The zero-order valence-electron chi connectivity index (χ0n) is 22.6. The number of aromatic nitrogens is 3. The van der Waals surface area contributed by atoms with Crippen molar-refractivity contribution in [2.45, 2.75) is 39.8 Å². The molecule has 0 radical (unpaired) electrons. The summed E-state index contributed by atoms with van der Waals surface area (Å²) in [5.74, 6) is -1.58. The van der Waals surface area contributed by atoms with E-state index in [4.69, 9.17) is 14.2 Å². The number of hydrogen-bond donors (Lipinski definition) is 2. The van der Waals surface area contributed by atoms with Crippen LogP contribution < -0.4 is 9.47 Å². The molecule has 3 aromatic rings. The van der Waals surface area contributed by atoms with Gasteiger partial charge < -0.3 is 33.8 Å². The van der Waals surface area contributed by atoms with Crippen LogP contribution in [0.25, 0.3) is 5.76 Å². The largest absolute Gasteiger partial charge is 0.507 e. The van der Waals surface area contributed by atoms with E-state index < -0.39 is 23.7 Å². The van der Waals surface area contributed by atoms with Crippen LogP contribution in [0.4, 0.5) is 0 Å². The first kappa shape index (κ1) is 27.5. The van der Waals surface area contributed by atoms with Crippen LogP contribution in [0.5, 0.6) is 11.5 Å². The first-order chi connectivity index (χ1) is 18.7. The predicted octanol–water partition coefficient (Wildman–Crippen LogP) is 3.53. The number of aliphatic hydroxyl groups excluding tert-OH is 1. The first-order valence-electron chi connectivity index (χ1n) is 12.6. The molecule has 206 valence electrons. The lowest BCUT2D eigenvalue weighted by Gasteiger charge is -2.26. The van der Waals surface area contributed by atoms with Crippen LogP contribution >= 0.6 is 0 Å². The third-order valence-corrected chi connectivity index (χ3v) is 6.79. The van der Waals surface area contributed by atoms with E-state index in [1.807, 2.05) is 10.8 Å². The smallest absolute Gasteiger partial charge is 0.355 e. The van der Waals surface area contributed by atoms with Crippen molar-refractivity contribution in [3.8, 4) is 11.5 Å². The van der Waals surface area contributed by atoms with Gasteiger partial charge in [-0.1, -0.05) is 6.07 Å². The van der Waals surface area contributed by atoms with E-state index in [1.165, 1.54) is 19.1 Å². The number of H-pyrrole nitrogens is 1. The molecular formula is C28H32N4O7. The van der Waals surface area contributed by atoms with Gasteiger partial charge >= 0.3 is 5.97 Å². The molecule has 39 heavy (non-hydrogen) atoms. The SMILES string of the molecule is CCOC(=O)c1[nH]c(C)c(/C(O)=C2\C(=O)C(=O)N(CCCn3ccnc3)[C@H]2c2ccc(OC)c(OC)c2)c1C. The number of aryl methyl sites for hydroxylation is 2. The quantitative estimate of drug-likeness (QED) is 0.174. The summed E-state index contributed by atoms with van der Waals surface area (Å²) in [5.41, 5.74) is 1.82. The predicted molar refractivity (Wildman–Crippen MR) is 142 cm³/mol. The molecule has 1 atom stereocenters. The van der Waals surface area contributed by atoms with Crippen molar-refractivity contribution < 1.29 is 33.7 Å². The van der Waals surface area contributed by atoms with Gasteiger partial charge in [0.1, 0.15) is 11.5 Å². The third-order valence-electron chi connectivity index (χ3n) is 6.79. The monoisotopic (exact) mass is 536 g/mol. The number of methoxy groups -OCH3 is 2. The number of ether oxygens (including phenoxy) is 3. The number of imidazole rings is 1. The number of esters is 1. The number of likely N-dealkylation sites (tertiary alicyclic amines) is 1. The van der Waals surface area contributed by atoms with Crippen molar-refractivity contribution in [2.75, 3.05) is 27.4 Å². The minimum absolute atomic E-state index is 0.0736. The van der Waals surface area contributed by atoms with Gasteiger partial charge in [-0.15, -0.1) is 0 Å². The topological polar surface area (TPSA) is 136 Å². The first-order valence-corrected chi connectivity index (χ1v) is 12.6. The molecule has 3 heterocycles. The molecule has 1 aliphatic rings. The number of carbonyl (C=O) groups excluding carboxylic acids is 3. The molecule has 11 nitrogen and oxygen atoms in total. The van der Waals surface area contributed by atoms with Crippen LogP contribution in [0.2, 0.25) is 0 Å². The summed E-state index contributed by atoms with van der Waals surface area (Å²) < 4.78 is 17.8. The Morgan fingerprint density at radius 3 is 2.51 bits per heavy atom. The van der Waals surface area contributed by atoms with E-state index in [2.05, 4.69) is 9.97 Å². The number of rotatable bonds is 10. The van der Waals surface area contributed by atoms with Gasteiger partial charge in [-0.3, -0.25) is 9.59 Å². The lowest BCUT2D eigenvalue weighted by atomic mass is 9.93. The van der Waals surface area contributed by atoms with Crippen LogP contribution in [-0.2, 0) is 20.9 Å². The van der Waals surface area contributed by atoms with Crippen LogP contribution in [0.15, 0.2) is 42.5 Å². The van der Waals surface area contributed by atoms with E-state index in [0.717, 1.165) is 0 Å². The average molecular weight is 537 g/mol. The summed E-state index contributed by atoms with van der Waals surface area (Å²) in [6.07, 6.45) is 5.71. The summed E-state index contributed by atoms with van der Waals surface area (Å²) in [4.78, 5) is 47.7. The molecule has 2 N–H and O–H groups in total. The number of carbonyl (C=O) groups is 3. The van der Waals surface area contributed by atoms with Crippen molar-refractivity contribution in [1.82, 2.24) is 19.4 Å². The number of amides is 1.